The van der Waals surface area contributed by atoms with Crippen molar-refractivity contribution < 1.29 is 9.32 Å². The smallest absolute Gasteiger partial charge is 0.129 e. The first-order chi connectivity index (χ1) is 7.09. The van der Waals surface area contributed by atoms with Crippen molar-refractivity contribution in [3.05, 3.63) is 28.2 Å². The van der Waals surface area contributed by atoms with Crippen LogP contribution in [0.25, 0.3) is 0 Å². The number of nitrogens with one attached hydrogen (secondary N) is 1. The highest BCUT2D eigenvalue weighted by atomic mass is 79.9. The molecule has 15 heavy (non-hydrogen) atoms. The number of phenols is 1. The van der Waals surface area contributed by atoms with E-state index in [1.165, 1.54) is 0 Å². The van der Waals surface area contributed by atoms with Crippen LogP contribution in [0.3, 0.4) is 0 Å². The molecule has 1 rings (SSSR count). The second kappa shape index (κ2) is 6.25. The lowest BCUT2D eigenvalue weighted by molar-refractivity contribution is 0.471. The summed E-state index contributed by atoms with van der Waals surface area (Å²) in [7, 11) is -0.743. The highest BCUT2D eigenvalue weighted by Crippen LogP contribution is 2.23. The van der Waals surface area contributed by atoms with E-state index in [2.05, 4.69) is 21.2 Å². The van der Waals surface area contributed by atoms with E-state index in [0.717, 1.165) is 18.7 Å². The largest absolute Gasteiger partial charge is 0.507 e. The lowest BCUT2D eigenvalue weighted by Crippen LogP contribution is -2.19. The third kappa shape index (κ3) is 4.77. The topological polar surface area (TPSA) is 49.3 Å². The molecule has 5 heteroatoms. The van der Waals surface area contributed by atoms with Crippen LogP contribution in [0, 0.1) is 0 Å². The number of halogens is 1. The van der Waals surface area contributed by atoms with Gasteiger partial charge in [0.15, 0.2) is 0 Å². The normalized spacial score (nSPS) is 12.7. The zero-order valence-electron chi connectivity index (χ0n) is 8.50. The lowest BCUT2D eigenvalue weighted by Gasteiger charge is -2.05. The molecule has 3 nitrogen and oxygen atoms in total. The SMILES string of the molecule is CS(=O)CCNCc1ccc(O)c(Br)c1. The van der Waals surface area contributed by atoms with Gasteiger partial charge in [-0.25, -0.2) is 0 Å². The van der Waals surface area contributed by atoms with E-state index in [1.54, 1.807) is 12.3 Å². The fourth-order valence-corrected chi connectivity index (χ4v) is 1.97. The summed E-state index contributed by atoms with van der Waals surface area (Å²) < 4.78 is 11.5. The van der Waals surface area contributed by atoms with E-state index in [9.17, 15) is 9.32 Å². The Morgan fingerprint density at radius 1 is 1.53 bits per heavy atom. The van der Waals surface area contributed by atoms with Crippen molar-refractivity contribution in [2.75, 3.05) is 18.6 Å². The first-order valence-corrected chi connectivity index (χ1v) is 7.10. The highest BCUT2D eigenvalue weighted by molar-refractivity contribution is 9.10. The summed E-state index contributed by atoms with van der Waals surface area (Å²) in [5.41, 5.74) is 1.08. The maximum atomic E-state index is 10.8. The first kappa shape index (κ1) is 12.7. The molecule has 0 radical (unpaired) electrons. The molecule has 0 amide bonds. The average molecular weight is 292 g/mol. The number of benzene rings is 1. The van der Waals surface area contributed by atoms with Crippen molar-refractivity contribution in [2.24, 2.45) is 0 Å². The summed E-state index contributed by atoms with van der Waals surface area (Å²) in [6, 6.07) is 5.38. The van der Waals surface area contributed by atoms with E-state index < -0.39 is 10.8 Å². The fraction of sp³-hybridized carbons (Fsp3) is 0.400. The van der Waals surface area contributed by atoms with Gasteiger partial charge in [-0.2, -0.15) is 0 Å². The van der Waals surface area contributed by atoms with Gasteiger partial charge in [-0.1, -0.05) is 6.07 Å². The molecule has 0 aliphatic heterocycles. The Hall–Kier alpha value is -0.390. The molecule has 2 N–H and O–H groups in total. The van der Waals surface area contributed by atoms with E-state index >= 15 is 0 Å². The number of hydrogen-bond acceptors (Lipinski definition) is 3. The van der Waals surface area contributed by atoms with Crippen molar-refractivity contribution in [2.45, 2.75) is 6.54 Å². The monoisotopic (exact) mass is 291 g/mol. The minimum Gasteiger partial charge on any atom is -0.507 e. The van der Waals surface area contributed by atoms with Gasteiger partial charge in [-0.3, -0.25) is 4.21 Å². The molecule has 1 aromatic carbocycles. The van der Waals surface area contributed by atoms with Crippen LogP contribution in [0.1, 0.15) is 5.56 Å². The summed E-state index contributed by atoms with van der Waals surface area (Å²) in [6.45, 7) is 1.46. The van der Waals surface area contributed by atoms with Gasteiger partial charge in [-0.05, 0) is 33.6 Å². The molecule has 1 unspecified atom stereocenters. The van der Waals surface area contributed by atoms with Crippen LogP contribution in [0.4, 0.5) is 0 Å². The molecule has 0 saturated heterocycles. The van der Waals surface area contributed by atoms with E-state index in [0.29, 0.717) is 10.2 Å². The molecule has 0 fully saturated rings. The fourth-order valence-electron chi connectivity index (χ4n) is 1.11. The summed E-state index contributed by atoms with van der Waals surface area (Å²) in [4.78, 5) is 0. The summed E-state index contributed by atoms with van der Waals surface area (Å²) in [6.07, 6.45) is 1.69. The average Bonchev–Trinajstić information content (AvgIpc) is 2.18. The van der Waals surface area contributed by atoms with Gasteiger partial charge < -0.3 is 10.4 Å². The van der Waals surface area contributed by atoms with Gasteiger partial charge in [0.1, 0.15) is 5.75 Å². The minimum absolute atomic E-state index is 0.244. The Kier molecular flexibility index (Phi) is 5.28. The maximum Gasteiger partial charge on any atom is 0.129 e. The zero-order valence-corrected chi connectivity index (χ0v) is 10.9. The second-order valence-electron chi connectivity index (χ2n) is 3.24. The van der Waals surface area contributed by atoms with E-state index in [1.807, 2.05) is 12.1 Å². The van der Waals surface area contributed by atoms with Crippen LogP contribution >= 0.6 is 15.9 Å². The van der Waals surface area contributed by atoms with Crippen LogP contribution in [0.5, 0.6) is 5.75 Å². The molecule has 1 atom stereocenters. The van der Waals surface area contributed by atoms with Crippen LogP contribution in [0.2, 0.25) is 0 Å². The molecule has 0 aliphatic carbocycles. The predicted molar refractivity (Wildman–Crippen MR) is 66.4 cm³/mol. The third-order valence-corrected chi connectivity index (χ3v) is 3.32. The molecule has 0 heterocycles. The van der Waals surface area contributed by atoms with Crippen LogP contribution in [-0.2, 0) is 17.3 Å². The van der Waals surface area contributed by atoms with Crippen LogP contribution in [0.15, 0.2) is 22.7 Å². The van der Waals surface area contributed by atoms with E-state index in [-0.39, 0.29) is 5.75 Å². The van der Waals surface area contributed by atoms with Gasteiger partial charge in [0, 0.05) is 35.9 Å². The summed E-state index contributed by atoms with van der Waals surface area (Å²) >= 11 is 3.25. The number of hydrogen-bond donors (Lipinski definition) is 2. The zero-order chi connectivity index (χ0) is 11.3. The van der Waals surface area contributed by atoms with Crippen molar-refractivity contribution in [1.29, 1.82) is 0 Å². The Morgan fingerprint density at radius 2 is 2.27 bits per heavy atom. The molecule has 0 aliphatic rings. The summed E-state index contributed by atoms with van der Waals surface area (Å²) in [5.74, 6) is 0.910. The minimum atomic E-state index is -0.743. The van der Waals surface area contributed by atoms with Crippen molar-refractivity contribution in [3.63, 3.8) is 0 Å². The Balaban J connectivity index is 2.38. The standard InChI is InChI=1S/C10H14BrNO2S/c1-15(14)5-4-12-7-8-2-3-10(13)9(11)6-8/h2-3,6,12-13H,4-5,7H2,1H3. The second-order valence-corrected chi connectivity index (χ2v) is 5.65. The van der Waals surface area contributed by atoms with Gasteiger partial charge in [-0.15, -0.1) is 0 Å². The predicted octanol–water partition coefficient (Wildman–Crippen LogP) is 1.62. The molecule has 0 spiro atoms. The van der Waals surface area contributed by atoms with Gasteiger partial charge in [0.25, 0.3) is 0 Å². The molecule has 84 valence electrons. The third-order valence-electron chi connectivity index (χ3n) is 1.91. The summed E-state index contributed by atoms with van der Waals surface area (Å²) in [5, 5.41) is 12.5. The van der Waals surface area contributed by atoms with Gasteiger partial charge in [0.2, 0.25) is 0 Å². The van der Waals surface area contributed by atoms with Crippen molar-refractivity contribution >= 4 is 26.7 Å². The molecule has 0 bridgehead atoms. The molecule has 0 saturated carbocycles. The Labute approximate surface area is 100 Å². The van der Waals surface area contributed by atoms with Gasteiger partial charge in [0.05, 0.1) is 4.47 Å². The molecular formula is C10H14BrNO2S. The van der Waals surface area contributed by atoms with Crippen molar-refractivity contribution in [3.8, 4) is 5.75 Å². The Morgan fingerprint density at radius 3 is 2.87 bits per heavy atom. The van der Waals surface area contributed by atoms with Gasteiger partial charge >= 0.3 is 0 Å². The van der Waals surface area contributed by atoms with Crippen molar-refractivity contribution in [1.82, 2.24) is 5.32 Å². The first-order valence-electron chi connectivity index (χ1n) is 4.57. The maximum absolute atomic E-state index is 10.8. The quantitative estimate of drug-likeness (QED) is 0.811. The van der Waals surface area contributed by atoms with E-state index in [4.69, 9.17) is 0 Å². The number of rotatable bonds is 5. The number of phenolic OH excluding ortho intramolecular Hbond substituents is 1. The van der Waals surface area contributed by atoms with Crippen LogP contribution in [-0.4, -0.2) is 27.9 Å². The molecule has 1 aromatic rings. The Bertz CT molecular complexity index is 357. The molecular weight excluding hydrogens is 278 g/mol. The molecule has 0 aromatic heterocycles. The van der Waals surface area contributed by atoms with Crippen LogP contribution < -0.4 is 5.32 Å². The lowest BCUT2D eigenvalue weighted by atomic mass is 10.2. The number of aromatic hydroxyl groups is 1. The highest BCUT2D eigenvalue weighted by Gasteiger charge is 1.99.